The number of aryl methyl sites for hydroxylation is 1. The number of para-hydroxylation sites is 1. The minimum Gasteiger partial charge on any atom is -0.464 e. The van der Waals surface area contributed by atoms with Crippen molar-refractivity contribution in [2.75, 3.05) is 7.05 Å². The average Bonchev–Trinajstić information content (AvgIpc) is 3.03. The van der Waals surface area contributed by atoms with Crippen LogP contribution in [0.25, 0.3) is 11.0 Å². The zero-order valence-corrected chi connectivity index (χ0v) is 11.1. The highest BCUT2D eigenvalue weighted by Crippen LogP contribution is 2.27. The van der Waals surface area contributed by atoms with Crippen LogP contribution in [0.5, 0.6) is 0 Å². The fourth-order valence-electron chi connectivity index (χ4n) is 2.41. The lowest BCUT2D eigenvalue weighted by Crippen LogP contribution is -2.20. The Labute approximate surface area is 112 Å². The Kier molecular flexibility index (Phi) is 3.09. The number of fused-ring (bicyclic) bond motifs is 1. The predicted molar refractivity (Wildman–Crippen MR) is 74.9 cm³/mol. The summed E-state index contributed by atoms with van der Waals surface area (Å²) in [4.78, 5) is 4.39. The monoisotopic (exact) mass is 255 g/mol. The second-order valence-corrected chi connectivity index (χ2v) is 4.69. The van der Waals surface area contributed by atoms with Gasteiger partial charge in [-0.1, -0.05) is 18.2 Å². The van der Waals surface area contributed by atoms with Crippen LogP contribution in [0.4, 0.5) is 0 Å². The van der Waals surface area contributed by atoms with Gasteiger partial charge in [-0.3, -0.25) is 0 Å². The van der Waals surface area contributed by atoms with Gasteiger partial charge >= 0.3 is 0 Å². The zero-order chi connectivity index (χ0) is 13.2. The van der Waals surface area contributed by atoms with Crippen LogP contribution in [0, 0.1) is 0 Å². The normalized spacial score (nSPS) is 12.9. The van der Waals surface area contributed by atoms with Crippen LogP contribution >= 0.6 is 0 Å². The maximum atomic E-state index is 5.61. The quantitative estimate of drug-likeness (QED) is 0.779. The van der Waals surface area contributed by atoms with Crippen molar-refractivity contribution in [1.82, 2.24) is 14.9 Å². The van der Waals surface area contributed by atoms with Crippen LogP contribution in [-0.2, 0) is 13.5 Å². The SMILES string of the molecule is CNC(Cc1nccn1C)c1coc2ccccc12. The summed E-state index contributed by atoms with van der Waals surface area (Å²) in [5, 5.41) is 4.51. The standard InChI is InChI=1S/C15H17N3O/c1-16-13(9-15-17-7-8-18(15)2)12-10-19-14-6-4-3-5-11(12)14/h3-8,10,13,16H,9H2,1-2H3. The topological polar surface area (TPSA) is 43.0 Å². The first-order valence-corrected chi connectivity index (χ1v) is 6.39. The average molecular weight is 255 g/mol. The van der Waals surface area contributed by atoms with E-state index in [1.54, 1.807) is 0 Å². The summed E-state index contributed by atoms with van der Waals surface area (Å²) in [6.45, 7) is 0. The van der Waals surface area contributed by atoms with Gasteiger partial charge in [-0.15, -0.1) is 0 Å². The van der Waals surface area contributed by atoms with Crippen molar-refractivity contribution in [2.24, 2.45) is 7.05 Å². The molecule has 19 heavy (non-hydrogen) atoms. The van der Waals surface area contributed by atoms with Crippen molar-refractivity contribution in [3.63, 3.8) is 0 Å². The largest absolute Gasteiger partial charge is 0.464 e. The summed E-state index contributed by atoms with van der Waals surface area (Å²) in [5.41, 5.74) is 2.11. The highest BCUT2D eigenvalue weighted by molar-refractivity contribution is 5.81. The van der Waals surface area contributed by atoms with Gasteiger partial charge in [0.1, 0.15) is 11.4 Å². The van der Waals surface area contributed by atoms with Crippen LogP contribution in [0.15, 0.2) is 47.3 Å². The molecule has 0 bridgehead atoms. The summed E-state index contributed by atoms with van der Waals surface area (Å²) in [5.74, 6) is 1.06. The van der Waals surface area contributed by atoms with Gasteiger partial charge in [0.2, 0.25) is 0 Å². The molecule has 4 heteroatoms. The fourth-order valence-corrected chi connectivity index (χ4v) is 2.41. The molecule has 3 aromatic rings. The summed E-state index contributed by atoms with van der Waals surface area (Å²) in [7, 11) is 3.98. The second-order valence-electron chi connectivity index (χ2n) is 4.69. The number of aromatic nitrogens is 2. The third-order valence-electron chi connectivity index (χ3n) is 3.54. The number of benzene rings is 1. The number of furan rings is 1. The van der Waals surface area contributed by atoms with E-state index in [2.05, 4.69) is 16.4 Å². The van der Waals surface area contributed by atoms with Crippen molar-refractivity contribution < 1.29 is 4.42 Å². The lowest BCUT2D eigenvalue weighted by Gasteiger charge is -2.14. The summed E-state index contributed by atoms with van der Waals surface area (Å²) < 4.78 is 7.66. The van der Waals surface area contributed by atoms with E-state index < -0.39 is 0 Å². The molecule has 1 aromatic carbocycles. The first-order chi connectivity index (χ1) is 9.29. The Morgan fingerprint density at radius 1 is 1.37 bits per heavy atom. The Morgan fingerprint density at radius 2 is 2.21 bits per heavy atom. The third kappa shape index (κ3) is 2.15. The van der Waals surface area contributed by atoms with Gasteiger partial charge in [-0.05, 0) is 13.1 Å². The van der Waals surface area contributed by atoms with Crippen LogP contribution in [0.1, 0.15) is 17.4 Å². The van der Waals surface area contributed by atoms with Crippen molar-refractivity contribution in [1.29, 1.82) is 0 Å². The summed E-state index contributed by atoms with van der Waals surface area (Å²) in [6.07, 6.45) is 6.48. The molecule has 4 nitrogen and oxygen atoms in total. The third-order valence-corrected chi connectivity index (χ3v) is 3.54. The minimum atomic E-state index is 0.199. The molecule has 0 aliphatic rings. The van der Waals surface area contributed by atoms with Crippen LogP contribution in [0.2, 0.25) is 0 Å². The molecule has 2 heterocycles. The Hall–Kier alpha value is -2.07. The van der Waals surface area contributed by atoms with Gasteiger partial charge < -0.3 is 14.3 Å². The smallest absolute Gasteiger partial charge is 0.134 e. The van der Waals surface area contributed by atoms with Gasteiger partial charge in [-0.2, -0.15) is 0 Å². The predicted octanol–water partition coefficient (Wildman–Crippen LogP) is 2.67. The van der Waals surface area contributed by atoms with E-state index >= 15 is 0 Å². The lowest BCUT2D eigenvalue weighted by molar-refractivity contribution is 0.546. The van der Waals surface area contributed by atoms with E-state index in [4.69, 9.17) is 4.42 Å². The van der Waals surface area contributed by atoms with Crippen molar-refractivity contribution in [3.8, 4) is 0 Å². The second kappa shape index (κ2) is 4.90. The van der Waals surface area contributed by atoms with E-state index in [9.17, 15) is 0 Å². The van der Waals surface area contributed by atoms with E-state index in [-0.39, 0.29) is 6.04 Å². The van der Waals surface area contributed by atoms with Gasteiger partial charge in [-0.25, -0.2) is 4.98 Å². The summed E-state index contributed by atoms with van der Waals surface area (Å²) >= 11 is 0. The van der Waals surface area contributed by atoms with Crippen LogP contribution in [0.3, 0.4) is 0 Å². The molecule has 0 spiro atoms. The van der Waals surface area contributed by atoms with Gasteiger partial charge in [0.05, 0.1) is 6.26 Å². The Morgan fingerprint density at radius 3 is 2.95 bits per heavy atom. The van der Waals surface area contributed by atoms with E-state index in [0.717, 1.165) is 23.2 Å². The molecule has 1 N–H and O–H groups in total. The number of likely N-dealkylation sites (N-methyl/N-ethyl adjacent to an activating group) is 1. The first-order valence-electron chi connectivity index (χ1n) is 6.39. The molecular formula is C15H17N3O. The molecule has 0 saturated heterocycles. The molecule has 0 aliphatic carbocycles. The lowest BCUT2D eigenvalue weighted by atomic mass is 10.0. The highest BCUT2D eigenvalue weighted by atomic mass is 16.3. The maximum absolute atomic E-state index is 5.61. The minimum absolute atomic E-state index is 0.199. The highest BCUT2D eigenvalue weighted by Gasteiger charge is 2.17. The number of nitrogens with one attached hydrogen (secondary N) is 1. The molecule has 0 radical (unpaired) electrons. The van der Waals surface area contributed by atoms with Crippen LogP contribution < -0.4 is 5.32 Å². The molecule has 98 valence electrons. The van der Waals surface area contributed by atoms with Crippen molar-refractivity contribution >= 4 is 11.0 Å². The molecule has 3 rings (SSSR count). The molecule has 0 amide bonds. The molecule has 1 atom stereocenters. The number of hydrogen-bond acceptors (Lipinski definition) is 3. The van der Waals surface area contributed by atoms with E-state index in [1.807, 2.05) is 55.5 Å². The number of hydrogen-bond donors (Lipinski definition) is 1. The van der Waals surface area contributed by atoms with Gasteiger partial charge in [0.15, 0.2) is 0 Å². The molecule has 1 unspecified atom stereocenters. The summed E-state index contributed by atoms with van der Waals surface area (Å²) in [6, 6.07) is 8.31. The molecule has 0 saturated carbocycles. The maximum Gasteiger partial charge on any atom is 0.134 e. The zero-order valence-electron chi connectivity index (χ0n) is 11.1. The Bertz CT molecular complexity index is 683. The van der Waals surface area contributed by atoms with E-state index in [0.29, 0.717) is 0 Å². The molecule has 2 aromatic heterocycles. The van der Waals surface area contributed by atoms with Crippen LogP contribution in [-0.4, -0.2) is 16.6 Å². The first kappa shape index (κ1) is 12.0. The van der Waals surface area contributed by atoms with Crippen molar-refractivity contribution in [2.45, 2.75) is 12.5 Å². The Balaban J connectivity index is 1.96. The van der Waals surface area contributed by atoms with Crippen molar-refractivity contribution in [3.05, 3.63) is 54.3 Å². The number of imidazole rings is 1. The van der Waals surface area contributed by atoms with E-state index in [1.165, 1.54) is 5.56 Å². The fraction of sp³-hybridized carbons (Fsp3) is 0.267. The molecule has 0 fully saturated rings. The van der Waals surface area contributed by atoms with Gasteiger partial charge in [0.25, 0.3) is 0 Å². The molecule has 0 aliphatic heterocycles. The number of nitrogens with zero attached hydrogens (tertiary/aromatic N) is 2. The molecular weight excluding hydrogens is 238 g/mol. The van der Waals surface area contributed by atoms with Gasteiger partial charge in [0, 0.05) is 42.9 Å². The number of rotatable bonds is 4.